The SMILES string of the molecule is C[C@@H](NC(=O)c1ccccc1CNC(=O)C(O)NCCC=O)c1cccc2ccccc12. The first-order chi connectivity index (χ1) is 15.5. The van der Waals surface area contributed by atoms with Crippen LogP contribution in [0.3, 0.4) is 0 Å². The number of rotatable bonds is 10. The highest BCUT2D eigenvalue weighted by Crippen LogP contribution is 2.24. The average Bonchev–Trinajstić information content (AvgIpc) is 2.82. The molecule has 0 aliphatic carbocycles. The summed E-state index contributed by atoms with van der Waals surface area (Å²) < 4.78 is 0. The molecule has 2 atom stereocenters. The Morgan fingerprint density at radius 2 is 1.72 bits per heavy atom. The quantitative estimate of drug-likeness (QED) is 0.223. The smallest absolute Gasteiger partial charge is 0.264 e. The van der Waals surface area contributed by atoms with Crippen LogP contribution in [0.1, 0.15) is 40.9 Å². The maximum Gasteiger partial charge on any atom is 0.264 e. The number of benzene rings is 3. The van der Waals surface area contributed by atoms with Crippen LogP contribution in [-0.4, -0.2) is 36.0 Å². The second-order valence-corrected chi connectivity index (χ2v) is 7.45. The van der Waals surface area contributed by atoms with Gasteiger partial charge in [0.1, 0.15) is 6.29 Å². The Hall–Kier alpha value is -3.55. The van der Waals surface area contributed by atoms with Crippen molar-refractivity contribution in [3.63, 3.8) is 0 Å². The minimum atomic E-state index is -1.43. The Balaban J connectivity index is 1.67. The fourth-order valence-electron chi connectivity index (χ4n) is 3.53. The molecule has 4 N–H and O–H groups in total. The van der Waals surface area contributed by atoms with Gasteiger partial charge in [0.05, 0.1) is 6.04 Å². The summed E-state index contributed by atoms with van der Waals surface area (Å²) in [5.41, 5.74) is 2.10. The summed E-state index contributed by atoms with van der Waals surface area (Å²) in [6.07, 6.45) is -0.532. The topological polar surface area (TPSA) is 108 Å². The third kappa shape index (κ3) is 5.78. The minimum Gasteiger partial charge on any atom is -0.370 e. The van der Waals surface area contributed by atoms with Crippen LogP contribution < -0.4 is 16.0 Å². The lowest BCUT2D eigenvalue weighted by Gasteiger charge is -2.18. The number of fused-ring (bicyclic) bond motifs is 1. The summed E-state index contributed by atoms with van der Waals surface area (Å²) in [6.45, 7) is 2.21. The number of aliphatic hydroxyl groups excluding tert-OH is 1. The van der Waals surface area contributed by atoms with E-state index in [4.69, 9.17) is 0 Å². The summed E-state index contributed by atoms with van der Waals surface area (Å²) in [5.74, 6) is -0.879. The molecule has 166 valence electrons. The van der Waals surface area contributed by atoms with E-state index in [1.807, 2.05) is 49.4 Å². The number of aliphatic hydroxyl groups is 1. The van der Waals surface area contributed by atoms with Gasteiger partial charge in [0, 0.05) is 25.1 Å². The Labute approximate surface area is 186 Å². The van der Waals surface area contributed by atoms with Gasteiger partial charge in [0.15, 0.2) is 6.23 Å². The highest BCUT2D eigenvalue weighted by Gasteiger charge is 2.18. The van der Waals surface area contributed by atoms with E-state index in [2.05, 4.69) is 16.0 Å². The highest BCUT2D eigenvalue weighted by molar-refractivity contribution is 5.96. The van der Waals surface area contributed by atoms with Crippen molar-refractivity contribution in [3.8, 4) is 0 Å². The number of hydrogen-bond acceptors (Lipinski definition) is 5. The molecule has 0 saturated carbocycles. The second-order valence-electron chi connectivity index (χ2n) is 7.45. The van der Waals surface area contributed by atoms with Crippen molar-refractivity contribution in [2.75, 3.05) is 6.54 Å². The van der Waals surface area contributed by atoms with Gasteiger partial charge in [0.2, 0.25) is 0 Å². The molecule has 3 rings (SSSR count). The van der Waals surface area contributed by atoms with Crippen molar-refractivity contribution >= 4 is 28.9 Å². The summed E-state index contributed by atoms with van der Waals surface area (Å²) in [6, 6.07) is 20.8. The molecule has 7 heteroatoms. The van der Waals surface area contributed by atoms with Gasteiger partial charge in [-0.1, -0.05) is 60.7 Å². The maximum atomic E-state index is 13.0. The molecule has 0 aliphatic heterocycles. The van der Waals surface area contributed by atoms with Crippen molar-refractivity contribution in [1.82, 2.24) is 16.0 Å². The second kappa shape index (κ2) is 11.2. The van der Waals surface area contributed by atoms with Crippen LogP contribution in [0.2, 0.25) is 0 Å². The zero-order valence-electron chi connectivity index (χ0n) is 17.9. The Morgan fingerprint density at radius 3 is 2.53 bits per heavy atom. The van der Waals surface area contributed by atoms with Crippen LogP contribution in [0.5, 0.6) is 0 Å². The molecule has 0 bridgehead atoms. The number of carbonyl (C=O) groups is 3. The zero-order chi connectivity index (χ0) is 22.9. The van der Waals surface area contributed by atoms with Crippen LogP contribution in [0.15, 0.2) is 66.7 Å². The van der Waals surface area contributed by atoms with Crippen LogP contribution in [-0.2, 0) is 16.1 Å². The molecule has 1 unspecified atom stereocenters. The van der Waals surface area contributed by atoms with E-state index in [0.717, 1.165) is 16.3 Å². The summed E-state index contributed by atoms with van der Waals surface area (Å²) >= 11 is 0. The van der Waals surface area contributed by atoms with E-state index in [0.29, 0.717) is 17.4 Å². The molecule has 0 spiro atoms. The monoisotopic (exact) mass is 433 g/mol. The molecule has 7 nitrogen and oxygen atoms in total. The lowest BCUT2D eigenvalue weighted by molar-refractivity contribution is -0.131. The molecule has 0 radical (unpaired) electrons. The molecular formula is C25H27N3O4. The fourth-order valence-corrected chi connectivity index (χ4v) is 3.53. The molecule has 2 amide bonds. The van der Waals surface area contributed by atoms with Gasteiger partial charge >= 0.3 is 0 Å². The predicted octanol–water partition coefficient (Wildman–Crippen LogP) is 2.44. The van der Waals surface area contributed by atoms with Gasteiger partial charge in [-0.15, -0.1) is 0 Å². The van der Waals surface area contributed by atoms with Gasteiger partial charge in [-0.3, -0.25) is 14.9 Å². The van der Waals surface area contributed by atoms with Crippen molar-refractivity contribution in [2.45, 2.75) is 32.2 Å². The maximum absolute atomic E-state index is 13.0. The first-order valence-corrected chi connectivity index (χ1v) is 10.5. The molecular weight excluding hydrogens is 406 g/mol. The molecule has 0 heterocycles. The number of amides is 2. The molecule has 0 aromatic heterocycles. The number of hydrogen-bond donors (Lipinski definition) is 4. The van der Waals surface area contributed by atoms with Gasteiger partial charge in [0.25, 0.3) is 11.8 Å². The first kappa shape index (κ1) is 23.1. The molecule has 0 aliphatic rings. The van der Waals surface area contributed by atoms with Crippen LogP contribution in [0, 0.1) is 0 Å². The van der Waals surface area contributed by atoms with Gasteiger partial charge in [-0.25, -0.2) is 0 Å². The first-order valence-electron chi connectivity index (χ1n) is 10.5. The largest absolute Gasteiger partial charge is 0.370 e. The normalized spacial score (nSPS) is 12.7. The fraction of sp³-hybridized carbons (Fsp3) is 0.240. The molecule has 0 saturated heterocycles. The van der Waals surface area contributed by atoms with E-state index >= 15 is 0 Å². The van der Waals surface area contributed by atoms with Crippen molar-refractivity contribution in [2.24, 2.45) is 0 Å². The zero-order valence-corrected chi connectivity index (χ0v) is 17.9. The Bertz CT molecular complexity index is 1090. The number of carbonyl (C=O) groups excluding carboxylic acids is 3. The number of nitrogens with one attached hydrogen (secondary N) is 3. The van der Waals surface area contributed by atoms with E-state index in [1.165, 1.54) is 0 Å². The van der Waals surface area contributed by atoms with Gasteiger partial charge in [-0.2, -0.15) is 0 Å². The summed E-state index contributed by atoms with van der Waals surface area (Å²) in [7, 11) is 0. The van der Waals surface area contributed by atoms with E-state index in [-0.39, 0.29) is 31.5 Å². The summed E-state index contributed by atoms with van der Waals surface area (Å²) in [5, 5.41) is 20.2. The van der Waals surface area contributed by atoms with Crippen molar-refractivity contribution in [1.29, 1.82) is 0 Å². The Morgan fingerprint density at radius 1 is 1.00 bits per heavy atom. The summed E-state index contributed by atoms with van der Waals surface area (Å²) in [4.78, 5) is 35.4. The highest BCUT2D eigenvalue weighted by atomic mass is 16.3. The third-order valence-electron chi connectivity index (χ3n) is 5.20. The van der Waals surface area contributed by atoms with E-state index in [1.54, 1.807) is 24.3 Å². The molecule has 32 heavy (non-hydrogen) atoms. The predicted molar refractivity (Wildman–Crippen MR) is 123 cm³/mol. The molecule has 3 aromatic carbocycles. The van der Waals surface area contributed by atoms with Gasteiger partial charge in [-0.05, 0) is 34.9 Å². The van der Waals surface area contributed by atoms with Crippen LogP contribution in [0.25, 0.3) is 10.8 Å². The number of aldehydes is 1. The lowest BCUT2D eigenvalue weighted by atomic mass is 9.99. The molecule has 0 fully saturated rings. The average molecular weight is 434 g/mol. The van der Waals surface area contributed by atoms with Gasteiger partial charge < -0.3 is 20.5 Å². The standard InChI is InChI=1S/C25H27N3O4/c1-17(20-13-6-10-18-8-2-4-11-21(18)20)28-23(30)22-12-5-3-9-19(22)16-27-25(32)24(31)26-14-7-15-29/h2-6,8-13,15,17,24,26,31H,7,14,16H2,1H3,(H,27,32)(H,28,30)/t17-,24?/m1/s1. The lowest BCUT2D eigenvalue weighted by Crippen LogP contribution is -2.44. The van der Waals surface area contributed by atoms with Crippen LogP contribution in [0.4, 0.5) is 0 Å². The Kier molecular flexibility index (Phi) is 8.08. The molecule has 3 aromatic rings. The van der Waals surface area contributed by atoms with E-state index < -0.39 is 12.1 Å². The third-order valence-corrected chi connectivity index (χ3v) is 5.20. The van der Waals surface area contributed by atoms with E-state index in [9.17, 15) is 19.5 Å². The van der Waals surface area contributed by atoms with Crippen molar-refractivity contribution < 1.29 is 19.5 Å². The van der Waals surface area contributed by atoms with Crippen LogP contribution >= 0.6 is 0 Å². The minimum absolute atomic E-state index is 0.0808. The van der Waals surface area contributed by atoms with Crippen molar-refractivity contribution in [3.05, 3.63) is 83.4 Å².